The van der Waals surface area contributed by atoms with Crippen LogP contribution in [0.5, 0.6) is 0 Å². The third-order valence-corrected chi connectivity index (χ3v) is 4.60. The lowest BCUT2D eigenvalue weighted by molar-refractivity contribution is -0.126. The highest BCUT2D eigenvalue weighted by atomic mass is 32.1. The molecule has 0 saturated heterocycles. The molecule has 1 fully saturated rings. The van der Waals surface area contributed by atoms with Crippen molar-refractivity contribution in [2.24, 2.45) is 11.7 Å². The van der Waals surface area contributed by atoms with Crippen molar-refractivity contribution in [1.29, 1.82) is 0 Å². The fourth-order valence-corrected chi connectivity index (χ4v) is 3.12. The molecule has 0 aliphatic heterocycles. The minimum absolute atomic E-state index is 0.0432. The Bertz CT molecular complexity index is 309. The zero-order valence-electron chi connectivity index (χ0n) is 12.3. The number of carbonyl (C=O) groups is 1. The quantitative estimate of drug-likeness (QED) is 0.762. The third kappa shape index (κ3) is 4.75. The molecule has 0 bridgehead atoms. The maximum Gasteiger partial charge on any atom is 0.223 e. The van der Waals surface area contributed by atoms with E-state index in [4.69, 9.17) is 18.0 Å². The van der Waals surface area contributed by atoms with E-state index in [1.54, 1.807) is 0 Å². The van der Waals surface area contributed by atoms with Gasteiger partial charge in [-0.15, -0.1) is 0 Å². The van der Waals surface area contributed by atoms with Gasteiger partial charge in [0.15, 0.2) is 0 Å². The summed E-state index contributed by atoms with van der Waals surface area (Å²) in [4.78, 5) is 12.7. The van der Waals surface area contributed by atoms with E-state index in [1.165, 1.54) is 19.3 Å². The molecule has 110 valence electrons. The first kappa shape index (κ1) is 16.4. The van der Waals surface area contributed by atoms with Crippen LogP contribution < -0.4 is 11.1 Å². The lowest BCUT2D eigenvalue weighted by Crippen LogP contribution is -2.58. The summed E-state index contributed by atoms with van der Waals surface area (Å²) in [5, 5.41) is 3.18. The average molecular weight is 284 g/mol. The van der Waals surface area contributed by atoms with Crippen LogP contribution in [0.15, 0.2) is 0 Å². The van der Waals surface area contributed by atoms with Crippen molar-refractivity contribution in [2.45, 2.75) is 77.2 Å². The SMILES string of the molecule is CCCC(C)C(=O)NC1(C(N)=S)CCCCCCC1. The van der Waals surface area contributed by atoms with Gasteiger partial charge >= 0.3 is 0 Å². The first-order chi connectivity index (χ1) is 9.02. The molecule has 0 aromatic rings. The van der Waals surface area contributed by atoms with Crippen LogP contribution in [0.4, 0.5) is 0 Å². The standard InChI is InChI=1S/C15H28N2OS/c1-3-9-12(2)13(18)17-15(14(16)19)10-7-5-4-6-8-11-15/h12H,3-11H2,1-2H3,(H2,16,19)(H,17,18). The smallest absolute Gasteiger partial charge is 0.223 e. The Hall–Kier alpha value is -0.640. The summed E-state index contributed by atoms with van der Waals surface area (Å²) in [6, 6.07) is 0. The molecule has 1 saturated carbocycles. The van der Waals surface area contributed by atoms with Crippen molar-refractivity contribution >= 4 is 23.1 Å². The Morgan fingerprint density at radius 1 is 1.26 bits per heavy atom. The van der Waals surface area contributed by atoms with Gasteiger partial charge in [0.05, 0.1) is 10.5 Å². The first-order valence-electron chi connectivity index (χ1n) is 7.64. The normalized spacial score (nSPS) is 20.9. The molecule has 1 amide bonds. The molecule has 1 rings (SSSR count). The Balaban J connectivity index is 2.74. The fraction of sp³-hybridized carbons (Fsp3) is 0.867. The van der Waals surface area contributed by atoms with Crippen molar-refractivity contribution in [3.8, 4) is 0 Å². The van der Waals surface area contributed by atoms with Crippen molar-refractivity contribution in [1.82, 2.24) is 5.32 Å². The van der Waals surface area contributed by atoms with Gasteiger partial charge in [0, 0.05) is 5.92 Å². The zero-order chi connectivity index (χ0) is 14.3. The van der Waals surface area contributed by atoms with Gasteiger partial charge in [-0.2, -0.15) is 0 Å². The molecule has 1 aliphatic carbocycles. The van der Waals surface area contributed by atoms with E-state index in [1.807, 2.05) is 6.92 Å². The largest absolute Gasteiger partial charge is 0.391 e. The van der Waals surface area contributed by atoms with E-state index in [9.17, 15) is 4.79 Å². The Morgan fingerprint density at radius 3 is 2.26 bits per heavy atom. The van der Waals surface area contributed by atoms with Crippen molar-refractivity contribution in [2.75, 3.05) is 0 Å². The molecule has 0 aromatic carbocycles. The van der Waals surface area contributed by atoms with E-state index in [0.717, 1.165) is 38.5 Å². The second-order valence-electron chi connectivity index (χ2n) is 5.89. The minimum Gasteiger partial charge on any atom is -0.391 e. The first-order valence-corrected chi connectivity index (χ1v) is 8.04. The molecular formula is C15H28N2OS. The van der Waals surface area contributed by atoms with Gasteiger partial charge < -0.3 is 11.1 Å². The molecule has 0 spiro atoms. The lowest BCUT2D eigenvalue weighted by Gasteiger charge is -2.36. The molecule has 1 atom stereocenters. The number of hydrogen-bond donors (Lipinski definition) is 2. The summed E-state index contributed by atoms with van der Waals surface area (Å²) >= 11 is 5.26. The summed E-state index contributed by atoms with van der Waals surface area (Å²) in [5.74, 6) is 0.150. The van der Waals surface area contributed by atoms with Crippen molar-refractivity contribution in [3.05, 3.63) is 0 Å². The van der Waals surface area contributed by atoms with Crippen LogP contribution in [0.1, 0.15) is 71.6 Å². The topological polar surface area (TPSA) is 55.1 Å². The van der Waals surface area contributed by atoms with Crippen molar-refractivity contribution in [3.63, 3.8) is 0 Å². The highest BCUT2D eigenvalue weighted by Crippen LogP contribution is 2.27. The Kier molecular flexibility index (Phi) is 6.76. The van der Waals surface area contributed by atoms with Gasteiger partial charge in [-0.1, -0.05) is 64.6 Å². The predicted octanol–water partition coefficient (Wildman–Crippen LogP) is 3.31. The molecule has 19 heavy (non-hydrogen) atoms. The third-order valence-electron chi connectivity index (χ3n) is 4.21. The van der Waals surface area contributed by atoms with Gasteiger partial charge in [0.2, 0.25) is 5.91 Å². The van der Waals surface area contributed by atoms with Crippen LogP contribution >= 0.6 is 12.2 Å². The highest BCUT2D eigenvalue weighted by molar-refractivity contribution is 7.80. The van der Waals surface area contributed by atoms with Gasteiger partial charge in [0.25, 0.3) is 0 Å². The molecule has 1 aliphatic rings. The van der Waals surface area contributed by atoms with Gasteiger partial charge in [0.1, 0.15) is 0 Å². The summed E-state index contributed by atoms with van der Waals surface area (Å²) in [6.45, 7) is 4.08. The molecule has 0 radical (unpaired) electrons. The summed E-state index contributed by atoms with van der Waals surface area (Å²) in [6.07, 6.45) is 9.64. The second-order valence-corrected chi connectivity index (χ2v) is 6.33. The van der Waals surface area contributed by atoms with Gasteiger partial charge in [-0.3, -0.25) is 4.79 Å². The number of carbonyl (C=O) groups excluding carboxylic acids is 1. The van der Waals surface area contributed by atoms with Crippen LogP contribution in [-0.2, 0) is 4.79 Å². The lowest BCUT2D eigenvalue weighted by atomic mass is 9.83. The van der Waals surface area contributed by atoms with Crippen LogP contribution in [-0.4, -0.2) is 16.4 Å². The molecule has 1 unspecified atom stereocenters. The van der Waals surface area contributed by atoms with Crippen LogP contribution in [0.3, 0.4) is 0 Å². The van der Waals surface area contributed by atoms with Gasteiger partial charge in [-0.25, -0.2) is 0 Å². The maximum absolute atomic E-state index is 12.3. The molecule has 3 nitrogen and oxygen atoms in total. The minimum atomic E-state index is -0.436. The zero-order valence-corrected chi connectivity index (χ0v) is 13.2. The molecule has 3 N–H and O–H groups in total. The Labute approximate surface area is 122 Å². The number of amides is 1. The fourth-order valence-electron chi connectivity index (χ4n) is 2.87. The number of nitrogens with two attached hydrogens (primary N) is 1. The molecule has 0 heterocycles. The summed E-state index contributed by atoms with van der Waals surface area (Å²) < 4.78 is 0. The second kappa shape index (κ2) is 7.83. The van der Waals surface area contributed by atoms with Crippen LogP contribution in [0, 0.1) is 5.92 Å². The van der Waals surface area contributed by atoms with Crippen LogP contribution in [0.25, 0.3) is 0 Å². The highest BCUT2D eigenvalue weighted by Gasteiger charge is 2.35. The summed E-state index contributed by atoms with van der Waals surface area (Å²) in [7, 11) is 0. The van der Waals surface area contributed by atoms with Crippen LogP contribution in [0.2, 0.25) is 0 Å². The molecule has 0 aromatic heterocycles. The Morgan fingerprint density at radius 2 is 1.79 bits per heavy atom. The summed E-state index contributed by atoms with van der Waals surface area (Å²) in [5.41, 5.74) is 5.53. The monoisotopic (exact) mass is 284 g/mol. The van der Waals surface area contributed by atoms with E-state index >= 15 is 0 Å². The number of thiocarbonyl (C=S) groups is 1. The molecular weight excluding hydrogens is 256 g/mol. The maximum atomic E-state index is 12.3. The van der Waals surface area contributed by atoms with Gasteiger partial charge in [-0.05, 0) is 19.3 Å². The molecule has 4 heteroatoms. The van der Waals surface area contributed by atoms with Crippen molar-refractivity contribution < 1.29 is 4.79 Å². The van der Waals surface area contributed by atoms with E-state index in [0.29, 0.717) is 4.99 Å². The van der Waals surface area contributed by atoms with E-state index < -0.39 is 5.54 Å². The number of hydrogen-bond acceptors (Lipinski definition) is 2. The predicted molar refractivity (Wildman–Crippen MR) is 84.1 cm³/mol. The average Bonchev–Trinajstić information content (AvgIpc) is 2.32. The number of rotatable bonds is 5. The van der Waals surface area contributed by atoms with E-state index in [2.05, 4.69) is 12.2 Å². The van der Waals surface area contributed by atoms with E-state index in [-0.39, 0.29) is 11.8 Å². The number of nitrogens with one attached hydrogen (secondary N) is 1.